The standard InChI is InChI=1S/C19H22O3/c1-19(2)21-14-18(22-19)12-15-8-10-17(11-9-15)20-13-16-6-4-3-5-7-16/h3-11,18H,12-14H2,1-2H3/t18-/m0/s1. The summed E-state index contributed by atoms with van der Waals surface area (Å²) in [5.41, 5.74) is 2.41. The van der Waals surface area contributed by atoms with E-state index in [2.05, 4.69) is 24.3 Å². The summed E-state index contributed by atoms with van der Waals surface area (Å²) in [4.78, 5) is 0. The number of benzene rings is 2. The summed E-state index contributed by atoms with van der Waals surface area (Å²) in [5.74, 6) is 0.431. The van der Waals surface area contributed by atoms with E-state index in [4.69, 9.17) is 14.2 Å². The van der Waals surface area contributed by atoms with Crippen LogP contribution in [0.3, 0.4) is 0 Å². The van der Waals surface area contributed by atoms with Crippen molar-refractivity contribution in [1.82, 2.24) is 0 Å². The van der Waals surface area contributed by atoms with Crippen LogP contribution in [0.2, 0.25) is 0 Å². The highest BCUT2D eigenvalue weighted by Gasteiger charge is 2.32. The smallest absolute Gasteiger partial charge is 0.163 e. The molecule has 0 spiro atoms. The first kappa shape index (κ1) is 15.1. The topological polar surface area (TPSA) is 27.7 Å². The van der Waals surface area contributed by atoms with Gasteiger partial charge in [-0.25, -0.2) is 0 Å². The number of hydrogen-bond donors (Lipinski definition) is 0. The second kappa shape index (κ2) is 6.51. The van der Waals surface area contributed by atoms with Crippen LogP contribution in [0.5, 0.6) is 5.75 Å². The quantitative estimate of drug-likeness (QED) is 0.836. The predicted octanol–water partition coefficient (Wildman–Crippen LogP) is 3.96. The molecule has 0 unspecified atom stereocenters. The molecule has 1 atom stereocenters. The highest BCUT2D eigenvalue weighted by molar-refractivity contribution is 5.28. The van der Waals surface area contributed by atoms with Gasteiger partial charge in [0.05, 0.1) is 12.7 Å². The van der Waals surface area contributed by atoms with Gasteiger partial charge in [-0.15, -0.1) is 0 Å². The van der Waals surface area contributed by atoms with Crippen LogP contribution in [0.15, 0.2) is 54.6 Å². The molecule has 1 heterocycles. The van der Waals surface area contributed by atoms with Crippen LogP contribution in [0, 0.1) is 0 Å². The van der Waals surface area contributed by atoms with E-state index in [1.54, 1.807) is 0 Å². The average molecular weight is 298 g/mol. The molecule has 2 aromatic carbocycles. The lowest BCUT2D eigenvalue weighted by molar-refractivity contribution is -0.138. The molecule has 0 aromatic heterocycles. The Morgan fingerprint density at radius 3 is 2.36 bits per heavy atom. The molecule has 1 aliphatic heterocycles. The van der Waals surface area contributed by atoms with Crippen molar-refractivity contribution < 1.29 is 14.2 Å². The van der Waals surface area contributed by atoms with Gasteiger partial charge in [0.2, 0.25) is 0 Å². The van der Waals surface area contributed by atoms with E-state index >= 15 is 0 Å². The third-order valence-corrected chi connectivity index (χ3v) is 3.70. The first-order valence-corrected chi connectivity index (χ1v) is 7.68. The molecular weight excluding hydrogens is 276 g/mol. The van der Waals surface area contributed by atoms with Crippen LogP contribution in [-0.2, 0) is 22.5 Å². The normalized spacial score (nSPS) is 20.0. The van der Waals surface area contributed by atoms with Gasteiger partial charge < -0.3 is 14.2 Å². The van der Waals surface area contributed by atoms with E-state index in [9.17, 15) is 0 Å². The minimum absolute atomic E-state index is 0.131. The summed E-state index contributed by atoms with van der Waals surface area (Å²) in [5, 5.41) is 0. The molecule has 0 saturated carbocycles. The maximum absolute atomic E-state index is 5.83. The molecular formula is C19H22O3. The third-order valence-electron chi connectivity index (χ3n) is 3.70. The molecule has 0 aliphatic carbocycles. The maximum atomic E-state index is 5.83. The summed E-state index contributed by atoms with van der Waals surface area (Å²) in [6, 6.07) is 18.4. The van der Waals surface area contributed by atoms with Crippen molar-refractivity contribution in [2.24, 2.45) is 0 Å². The Hall–Kier alpha value is -1.84. The average Bonchev–Trinajstić information content (AvgIpc) is 2.86. The molecule has 0 radical (unpaired) electrons. The Kier molecular flexibility index (Phi) is 4.46. The highest BCUT2D eigenvalue weighted by atomic mass is 16.7. The predicted molar refractivity (Wildman–Crippen MR) is 85.8 cm³/mol. The van der Waals surface area contributed by atoms with Crippen LogP contribution in [0.4, 0.5) is 0 Å². The van der Waals surface area contributed by atoms with Crippen LogP contribution in [0.1, 0.15) is 25.0 Å². The van der Waals surface area contributed by atoms with Crippen LogP contribution in [-0.4, -0.2) is 18.5 Å². The van der Waals surface area contributed by atoms with Crippen molar-refractivity contribution in [3.8, 4) is 5.75 Å². The van der Waals surface area contributed by atoms with Gasteiger partial charge in [0.1, 0.15) is 12.4 Å². The lowest BCUT2D eigenvalue weighted by Crippen LogP contribution is -2.22. The van der Waals surface area contributed by atoms with Gasteiger partial charge in [0.25, 0.3) is 0 Å². The largest absolute Gasteiger partial charge is 0.489 e. The lowest BCUT2D eigenvalue weighted by Gasteiger charge is -2.17. The second-order valence-electron chi connectivity index (χ2n) is 6.07. The van der Waals surface area contributed by atoms with Crippen molar-refractivity contribution >= 4 is 0 Å². The zero-order valence-electron chi connectivity index (χ0n) is 13.1. The summed E-state index contributed by atoms with van der Waals surface area (Å²) in [7, 11) is 0. The van der Waals surface area contributed by atoms with Gasteiger partial charge in [-0.3, -0.25) is 0 Å². The molecule has 1 fully saturated rings. The molecule has 3 heteroatoms. The van der Waals surface area contributed by atoms with E-state index in [0.717, 1.165) is 12.2 Å². The summed E-state index contributed by atoms with van der Waals surface area (Å²) < 4.78 is 17.2. The Labute approximate surface area is 131 Å². The van der Waals surface area contributed by atoms with Crippen LogP contribution in [0.25, 0.3) is 0 Å². The molecule has 0 bridgehead atoms. The molecule has 22 heavy (non-hydrogen) atoms. The third kappa shape index (κ3) is 4.09. The zero-order chi connectivity index (χ0) is 15.4. The molecule has 116 valence electrons. The van der Waals surface area contributed by atoms with E-state index in [0.29, 0.717) is 13.2 Å². The van der Waals surface area contributed by atoms with Gasteiger partial charge in [0.15, 0.2) is 5.79 Å². The summed E-state index contributed by atoms with van der Waals surface area (Å²) in [6.45, 7) is 5.15. The molecule has 2 aromatic rings. The summed E-state index contributed by atoms with van der Waals surface area (Å²) >= 11 is 0. The molecule has 0 amide bonds. The fourth-order valence-electron chi connectivity index (χ4n) is 2.59. The van der Waals surface area contributed by atoms with E-state index in [-0.39, 0.29) is 6.10 Å². The Balaban J connectivity index is 1.52. The molecule has 3 nitrogen and oxygen atoms in total. The zero-order valence-corrected chi connectivity index (χ0v) is 13.1. The van der Waals surface area contributed by atoms with Crippen molar-refractivity contribution in [2.75, 3.05) is 6.61 Å². The Morgan fingerprint density at radius 2 is 1.73 bits per heavy atom. The number of hydrogen-bond acceptors (Lipinski definition) is 3. The minimum Gasteiger partial charge on any atom is -0.489 e. The van der Waals surface area contributed by atoms with Gasteiger partial charge >= 0.3 is 0 Å². The molecule has 1 saturated heterocycles. The van der Waals surface area contributed by atoms with Gasteiger partial charge in [-0.1, -0.05) is 42.5 Å². The summed E-state index contributed by atoms with van der Waals surface area (Å²) in [6.07, 6.45) is 0.994. The van der Waals surface area contributed by atoms with Crippen LogP contribution < -0.4 is 4.74 Å². The fourth-order valence-corrected chi connectivity index (χ4v) is 2.59. The van der Waals surface area contributed by atoms with E-state index in [1.807, 2.05) is 44.2 Å². The first-order chi connectivity index (χ1) is 10.6. The van der Waals surface area contributed by atoms with Gasteiger partial charge in [0, 0.05) is 6.42 Å². The molecule has 3 rings (SSSR count). The van der Waals surface area contributed by atoms with Crippen molar-refractivity contribution in [3.05, 3.63) is 65.7 Å². The number of ether oxygens (including phenoxy) is 3. The van der Waals surface area contributed by atoms with Crippen molar-refractivity contribution in [1.29, 1.82) is 0 Å². The molecule has 0 N–H and O–H groups in total. The molecule has 1 aliphatic rings. The Morgan fingerprint density at radius 1 is 1.00 bits per heavy atom. The maximum Gasteiger partial charge on any atom is 0.163 e. The van der Waals surface area contributed by atoms with Gasteiger partial charge in [-0.2, -0.15) is 0 Å². The van der Waals surface area contributed by atoms with Crippen LogP contribution >= 0.6 is 0 Å². The number of rotatable bonds is 5. The SMILES string of the molecule is CC1(C)OC[C@H](Cc2ccc(OCc3ccccc3)cc2)O1. The lowest BCUT2D eigenvalue weighted by atomic mass is 10.1. The van der Waals surface area contributed by atoms with Gasteiger partial charge in [-0.05, 0) is 37.1 Å². The first-order valence-electron chi connectivity index (χ1n) is 7.68. The fraction of sp³-hybridized carbons (Fsp3) is 0.368. The minimum atomic E-state index is -0.455. The highest BCUT2D eigenvalue weighted by Crippen LogP contribution is 2.25. The Bertz CT molecular complexity index is 590. The second-order valence-corrected chi connectivity index (χ2v) is 6.07. The van der Waals surface area contributed by atoms with E-state index in [1.165, 1.54) is 11.1 Å². The van der Waals surface area contributed by atoms with Crippen molar-refractivity contribution in [3.63, 3.8) is 0 Å². The monoisotopic (exact) mass is 298 g/mol. The van der Waals surface area contributed by atoms with Crippen molar-refractivity contribution in [2.45, 2.75) is 38.8 Å². The van der Waals surface area contributed by atoms with E-state index < -0.39 is 5.79 Å².